The quantitative estimate of drug-likeness (QED) is 0.791. The van der Waals surface area contributed by atoms with Crippen molar-refractivity contribution >= 4 is 0 Å². The molecule has 2 fully saturated rings. The third kappa shape index (κ3) is 3.72. The van der Waals surface area contributed by atoms with Crippen molar-refractivity contribution in [1.29, 1.82) is 0 Å². The van der Waals surface area contributed by atoms with E-state index >= 15 is 0 Å². The van der Waals surface area contributed by atoms with Crippen molar-refractivity contribution in [2.24, 2.45) is 0 Å². The van der Waals surface area contributed by atoms with E-state index < -0.39 is 0 Å². The van der Waals surface area contributed by atoms with E-state index in [0.717, 1.165) is 6.04 Å². The topological polar surface area (TPSA) is 24.5 Å². The van der Waals surface area contributed by atoms with E-state index in [0.29, 0.717) is 6.10 Å². The molecule has 0 saturated carbocycles. The van der Waals surface area contributed by atoms with Crippen LogP contribution >= 0.6 is 0 Å². The van der Waals surface area contributed by atoms with Crippen LogP contribution in [0.2, 0.25) is 0 Å². The smallest absolute Gasteiger partial charge is 0.0595 e. The van der Waals surface area contributed by atoms with Crippen molar-refractivity contribution in [3.05, 3.63) is 0 Å². The van der Waals surface area contributed by atoms with E-state index in [-0.39, 0.29) is 0 Å². The summed E-state index contributed by atoms with van der Waals surface area (Å²) in [4.78, 5) is 2.61. The Morgan fingerprint density at radius 2 is 1.94 bits per heavy atom. The Labute approximate surface area is 99.5 Å². The summed E-state index contributed by atoms with van der Waals surface area (Å²) in [7, 11) is 1.84. The van der Waals surface area contributed by atoms with E-state index in [9.17, 15) is 0 Å². The highest BCUT2D eigenvalue weighted by atomic mass is 16.5. The maximum atomic E-state index is 5.41. The Morgan fingerprint density at radius 1 is 1.12 bits per heavy atom. The average Bonchev–Trinajstić information content (AvgIpc) is 2.59. The lowest BCUT2D eigenvalue weighted by atomic mass is 10.1. The maximum absolute atomic E-state index is 5.41. The molecule has 2 saturated heterocycles. The fourth-order valence-corrected chi connectivity index (χ4v) is 2.90. The minimum Gasteiger partial charge on any atom is -0.381 e. The summed E-state index contributed by atoms with van der Waals surface area (Å²) in [5, 5.41) is 3.68. The minimum atomic E-state index is 0.512. The Balaban J connectivity index is 1.69. The Kier molecular flexibility index (Phi) is 5.07. The number of methoxy groups -OCH3 is 1. The number of likely N-dealkylation sites (tertiary alicyclic amines) is 1. The molecular formula is C13H26N2O. The predicted octanol–water partition coefficient (Wildman–Crippen LogP) is 1.63. The molecule has 0 aromatic heterocycles. The summed E-state index contributed by atoms with van der Waals surface area (Å²) in [6.45, 7) is 4.91. The van der Waals surface area contributed by atoms with Crippen LogP contribution in [0.3, 0.4) is 0 Å². The molecular weight excluding hydrogens is 200 g/mol. The van der Waals surface area contributed by atoms with Gasteiger partial charge in [0.05, 0.1) is 6.10 Å². The molecule has 2 heterocycles. The highest BCUT2D eigenvalue weighted by Crippen LogP contribution is 2.15. The zero-order valence-corrected chi connectivity index (χ0v) is 10.6. The fraction of sp³-hybridized carbons (Fsp3) is 1.00. The van der Waals surface area contributed by atoms with E-state index in [1.807, 2.05) is 7.11 Å². The van der Waals surface area contributed by atoms with Crippen molar-refractivity contribution in [1.82, 2.24) is 10.2 Å². The van der Waals surface area contributed by atoms with Crippen molar-refractivity contribution in [2.75, 3.05) is 33.3 Å². The number of piperidine rings is 1. The van der Waals surface area contributed by atoms with Crippen LogP contribution in [0.5, 0.6) is 0 Å². The lowest BCUT2D eigenvalue weighted by Gasteiger charge is -2.33. The molecule has 0 bridgehead atoms. The van der Waals surface area contributed by atoms with Crippen LogP contribution in [-0.2, 0) is 4.74 Å². The molecule has 1 unspecified atom stereocenters. The van der Waals surface area contributed by atoms with E-state index in [1.54, 1.807) is 0 Å². The predicted molar refractivity (Wildman–Crippen MR) is 66.7 cm³/mol. The van der Waals surface area contributed by atoms with Gasteiger partial charge in [-0.25, -0.2) is 0 Å². The third-order valence-corrected chi connectivity index (χ3v) is 4.01. The van der Waals surface area contributed by atoms with Crippen LogP contribution in [0.25, 0.3) is 0 Å². The number of nitrogens with one attached hydrogen (secondary N) is 1. The molecule has 0 aromatic carbocycles. The highest BCUT2D eigenvalue weighted by Gasteiger charge is 2.21. The molecule has 0 amide bonds. The van der Waals surface area contributed by atoms with Gasteiger partial charge in [0.1, 0.15) is 0 Å². The summed E-state index contributed by atoms with van der Waals surface area (Å²) in [5.74, 6) is 0. The molecule has 2 aliphatic heterocycles. The summed E-state index contributed by atoms with van der Waals surface area (Å²) >= 11 is 0. The van der Waals surface area contributed by atoms with Crippen molar-refractivity contribution < 1.29 is 4.74 Å². The van der Waals surface area contributed by atoms with Gasteiger partial charge in [-0.1, -0.05) is 12.8 Å². The van der Waals surface area contributed by atoms with Gasteiger partial charge < -0.3 is 15.0 Å². The third-order valence-electron chi connectivity index (χ3n) is 4.01. The zero-order chi connectivity index (χ0) is 11.2. The molecule has 0 radical (unpaired) electrons. The van der Waals surface area contributed by atoms with Crippen molar-refractivity contribution in [2.45, 2.75) is 50.7 Å². The molecule has 3 nitrogen and oxygen atoms in total. The average molecular weight is 226 g/mol. The second kappa shape index (κ2) is 6.58. The lowest BCUT2D eigenvalue weighted by molar-refractivity contribution is 0.0383. The monoisotopic (exact) mass is 226 g/mol. The highest BCUT2D eigenvalue weighted by molar-refractivity contribution is 4.79. The molecule has 0 aliphatic carbocycles. The van der Waals surface area contributed by atoms with Crippen LogP contribution in [-0.4, -0.2) is 50.3 Å². The van der Waals surface area contributed by atoms with Gasteiger partial charge in [-0.3, -0.25) is 0 Å². The second-order valence-electron chi connectivity index (χ2n) is 5.24. The van der Waals surface area contributed by atoms with Crippen LogP contribution in [0.1, 0.15) is 38.5 Å². The van der Waals surface area contributed by atoms with Crippen LogP contribution in [0, 0.1) is 0 Å². The Hall–Kier alpha value is -0.120. The van der Waals surface area contributed by atoms with Gasteiger partial charge in [0.15, 0.2) is 0 Å². The molecule has 16 heavy (non-hydrogen) atoms. The van der Waals surface area contributed by atoms with Gasteiger partial charge in [-0.15, -0.1) is 0 Å². The molecule has 2 rings (SSSR count). The first-order chi connectivity index (χ1) is 7.88. The van der Waals surface area contributed by atoms with Crippen molar-refractivity contribution in [3.8, 4) is 0 Å². The van der Waals surface area contributed by atoms with Gasteiger partial charge >= 0.3 is 0 Å². The molecule has 2 aliphatic rings. The largest absolute Gasteiger partial charge is 0.381 e. The van der Waals surface area contributed by atoms with Gasteiger partial charge in [0.2, 0.25) is 0 Å². The van der Waals surface area contributed by atoms with Gasteiger partial charge in [0.25, 0.3) is 0 Å². The van der Waals surface area contributed by atoms with Gasteiger partial charge in [0, 0.05) is 32.8 Å². The molecule has 1 N–H and O–H groups in total. The normalized spacial score (nSPS) is 30.2. The molecule has 3 heteroatoms. The minimum absolute atomic E-state index is 0.512. The molecule has 0 aromatic rings. The first-order valence-corrected chi connectivity index (χ1v) is 6.87. The summed E-state index contributed by atoms with van der Waals surface area (Å²) in [5.41, 5.74) is 0. The van der Waals surface area contributed by atoms with Crippen LogP contribution in [0.15, 0.2) is 0 Å². The molecule has 94 valence electrons. The Bertz CT molecular complexity index is 182. The van der Waals surface area contributed by atoms with E-state index in [1.165, 1.54) is 64.7 Å². The Morgan fingerprint density at radius 3 is 2.69 bits per heavy atom. The standard InChI is InChI=1S/C13H26N2O/c1-16-13-6-9-15(10-7-13)11-12-5-3-2-4-8-14-12/h12-14H,2-11H2,1H3. The summed E-state index contributed by atoms with van der Waals surface area (Å²) < 4.78 is 5.41. The van der Waals surface area contributed by atoms with Crippen LogP contribution < -0.4 is 5.32 Å². The van der Waals surface area contributed by atoms with E-state index in [4.69, 9.17) is 4.74 Å². The molecule has 0 spiro atoms. The number of ether oxygens (including phenoxy) is 1. The SMILES string of the molecule is COC1CCN(CC2CCCCCN2)CC1. The van der Waals surface area contributed by atoms with Gasteiger partial charge in [-0.05, 0) is 32.2 Å². The molecule has 1 atom stereocenters. The number of hydrogen-bond acceptors (Lipinski definition) is 3. The van der Waals surface area contributed by atoms with Gasteiger partial charge in [-0.2, -0.15) is 0 Å². The van der Waals surface area contributed by atoms with Crippen LogP contribution in [0.4, 0.5) is 0 Å². The first kappa shape index (κ1) is 12.3. The fourth-order valence-electron chi connectivity index (χ4n) is 2.90. The summed E-state index contributed by atoms with van der Waals surface area (Å²) in [6, 6.07) is 0.738. The van der Waals surface area contributed by atoms with E-state index in [2.05, 4.69) is 10.2 Å². The number of rotatable bonds is 3. The number of nitrogens with zero attached hydrogens (tertiary/aromatic N) is 1. The zero-order valence-electron chi connectivity index (χ0n) is 10.6. The second-order valence-corrected chi connectivity index (χ2v) is 5.24. The maximum Gasteiger partial charge on any atom is 0.0595 e. The lowest BCUT2D eigenvalue weighted by Crippen LogP contribution is -2.45. The summed E-state index contributed by atoms with van der Waals surface area (Å²) in [6.07, 6.45) is 8.48. The number of hydrogen-bond donors (Lipinski definition) is 1. The first-order valence-electron chi connectivity index (χ1n) is 6.87. The van der Waals surface area contributed by atoms with Crippen molar-refractivity contribution in [3.63, 3.8) is 0 Å².